The molecule has 0 heterocycles. The van der Waals surface area contributed by atoms with Gasteiger partial charge in [-0.2, -0.15) is 11.6 Å². The van der Waals surface area contributed by atoms with Gasteiger partial charge in [0, 0.05) is 10.8 Å². The van der Waals surface area contributed by atoms with E-state index in [4.69, 9.17) is 0 Å². The molecular formula is C59H64Cl2Zr-2. The summed E-state index contributed by atoms with van der Waals surface area (Å²) in [7, 11) is 0. The zero-order chi connectivity index (χ0) is 43.5. The summed E-state index contributed by atoms with van der Waals surface area (Å²) in [5.41, 5.74) is 18.7. The zero-order valence-corrected chi connectivity index (χ0v) is 43.4. The van der Waals surface area contributed by atoms with Crippen LogP contribution in [0.5, 0.6) is 0 Å². The topological polar surface area (TPSA) is 0 Å². The number of fused-ring (bicyclic) bond motifs is 5. The minimum Gasteiger partial charge on any atom is -1.00 e. The first-order valence-electron chi connectivity index (χ1n) is 21.8. The van der Waals surface area contributed by atoms with Crippen molar-refractivity contribution in [1.29, 1.82) is 0 Å². The summed E-state index contributed by atoms with van der Waals surface area (Å²) in [5.74, 6) is 0.468. The van der Waals surface area contributed by atoms with E-state index in [-0.39, 0.29) is 46.5 Å². The van der Waals surface area contributed by atoms with Crippen molar-refractivity contribution in [3.8, 4) is 0 Å². The molecule has 0 aromatic heterocycles. The van der Waals surface area contributed by atoms with E-state index in [1.807, 2.05) is 6.07 Å². The van der Waals surface area contributed by atoms with Crippen LogP contribution >= 0.6 is 0 Å². The molecule has 3 aliphatic carbocycles. The van der Waals surface area contributed by atoms with Crippen molar-refractivity contribution in [2.75, 3.05) is 0 Å². The minimum absolute atomic E-state index is 0. The maximum Gasteiger partial charge on any atom is 0.00178 e. The Kier molecular flexibility index (Phi) is 14.6. The van der Waals surface area contributed by atoms with E-state index < -0.39 is 0 Å². The normalized spacial score (nSPS) is 16.9. The monoisotopic (exact) mass is 932 g/mol. The molecule has 0 amide bonds. The number of benzene rings is 5. The summed E-state index contributed by atoms with van der Waals surface area (Å²) in [6.07, 6.45) is 10.5. The van der Waals surface area contributed by atoms with Gasteiger partial charge in [-0.15, -0.1) is 45.3 Å². The Balaban J connectivity index is 0.000000181. The second-order valence-corrected chi connectivity index (χ2v) is 22.0. The molecule has 0 spiro atoms. The van der Waals surface area contributed by atoms with Gasteiger partial charge in [-0.05, 0) is 36.1 Å². The van der Waals surface area contributed by atoms with Crippen LogP contribution in [0.1, 0.15) is 147 Å². The third-order valence-corrected chi connectivity index (χ3v) is 14.2. The molecule has 3 heteroatoms. The smallest absolute Gasteiger partial charge is 0.00178 e. The first-order valence-corrected chi connectivity index (χ1v) is 23.1. The zero-order valence-electron chi connectivity index (χ0n) is 39.5. The molecule has 1 unspecified atom stereocenters. The molecule has 0 nitrogen and oxygen atoms in total. The van der Waals surface area contributed by atoms with Crippen molar-refractivity contribution in [2.24, 2.45) is 5.92 Å². The maximum atomic E-state index is 3.39. The fourth-order valence-electron chi connectivity index (χ4n) is 9.42. The molecule has 0 fully saturated rings. The first-order chi connectivity index (χ1) is 28.0. The van der Waals surface area contributed by atoms with Crippen molar-refractivity contribution in [3.63, 3.8) is 0 Å². The van der Waals surface area contributed by atoms with Crippen molar-refractivity contribution < 1.29 is 49.0 Å². The largest absolute Gasteiger partial charge is 1.00 e. The van der Waals surface area contributed by atoms with E-state index in [0.29, 0.717) is 5.92 Å². The SMILES string of the molecule is CC(C)(C)c1ccc([C](=[Zr+2])c2ccc(C(C)(C)C)cc2)cc1.CC1=CC(C)(C)c2cc3[cH-]c4cc5c(cc4c3cc21)C(C)=CC5(C)C.CC1=[C-]C(C)C=C1c1ccccc1.[Cl-].[Cl-]. The van der Waals surface area contributed by atoms with E-state index in [1.54, 1.807) is 0 Å². The molecular weight excluding hydrogens is 871 g/mol. The van der Waals surface area contributed by atoms with Crippen molar-refractivity contribution in [2.45, 2.75) is 119 Å². The first kappa shape index (κ1) is 49.3. The van der Waals surface area contributed by atoms with Gasteiger partial charge < -0.3 is 24.8 Å². The molecule has 6 aromatic carbocycles. The van der Waals surface area contributed by atoms with Crippen molar-refractivity contribution in [1.82, 2.24) is 0 Å². The molecule has 320 valence electrons. The van der Waals surface area contributed by atoms with Crippen LogP contribution in [0.4, 0.5) is 0 Å². The second kappa shape index (κ2) is 18.4. The van der Waals surface area contributed by atoms with Gasteiger partial charge in [0.2, 0.25) is 0 Å². The molecule has 62 heavy (non-hydrogen) atoms. The molecule has 0 bridgehead atoms. The van der Waals surface area contributed by atoms with Crippen LogP contribution in [0, 0.1) is 12.0 Å². The third-order valence-electron chi connectivity index (χ3n) is 12.8. The van der Waals surface area contributed by atoms with Gasteiger partial charge in [-0.1, -0.05) is 113 Å². The maximum absolute atomic E-state index is 3.39. The fourth-order valence-corrected chi connectivity index (χ4v) is 10.2. The quantitative estimate of drug-likeness (QED) is 0.155. The number of allylic oxidation sites excluding steroid dienone is 8. The average molecular weight is 935 g/mol. The van der Waals surface area contributed by atoms with E-state index in [2.05, 4.69) is 224 Å². The van der Waals surface area contributed by atoms with Crippen LogP contribution < -0.4 is 24.8 Å². The van der Waals surface area contributed by atoms with Gasteiger partial charge in [0.05, 0.1) is 0 Å². The molecule has 3 aliphatic rings. The van der Waals surface area contributed by atoms with Crippen LogP contribution in [0.25, 0.3) is 38.3 Å². The number of hydrogen-bond acceptors (Lipinski definition) is 0. The van der Waals surface area contributed by atoms with Crippen LogP contribution in [0.15, 0.2) is 133 Å². The predicted molar refractivity (Wildman–Crippen MR) is 260 cm³/mol. The summed E-state index contributed by atoms with van der Waals surface area (Å²) in [6, 6.07) is 40.7. The van der Waals surface area contributed by atoms with Crippen molar-refractivity contribution >= 4 is 41.5 Å². The Labute approximate surface area is 401 Å². The van der Waals surface area contributed by atoms with Gasteiger partial charge in [0.15, 0.2) is 0 Å². The number of halogens is 2. The fraction of sp³-hybridized carbons (Fsp3) is 0.322. The number of rotatable bonds is 3. The van der Waals surface area contributed by atoms with Gasteiger partial charge in [-0.3, -0.25) is 6.08 Å². The molecule has 0 aliphatic heterocycles. The number of hydrogen-bond donors (Lipinski definition) is 0. The van der Waals surface area contributed by atoms with E-state index in [0.717, 1.165) is 0 Å². The van der Waals surface area contributed by atoms with Crippen LogP contribution in [-0.2, 0) is 45.9 Å². The van der Waals surface area contributed by atoms with E-state index in [1.165, 1.54) is 121 Å². The van der Waals surface area contributed by atoms with Crippen molar-refractivity contribution in [3.05, 3.63) is 189 Å². The Hall–Kier alpha value is -3.74. The molecule has 6 aromatic rings. The van der Waals surface area contributed by atoms with Crippen LogP contribution in [0.3, 0.4) is 0 Å². The molecule has 0 radical (unpaired) electrons. The second-order valence-electron chi connectivity index (χ2n) is 20.7. The summed E-state index contributed by atoms with van der Waals surface area (Å²) < 4.78 is 1.42. The van der Waals surface area contributed by atoms with Gasteiger partial charge in [0.1, 0.15) is 0 Å². The standard InChI is InChI=1S/C25H25.C21H26.C13H13.2ClH.Zr/c1-14-12-24(3,4)22-8-16-7-17-9-23-19(15(2)13-25(23,5)6)11-21(17)20(16)10-18(14)22;1-20(2,3)18-11-7-16(8-12-18)15-17-9-13-19(14-10-17)21(4,5)6;1-10-8-11(2)13(9-10)12-6-4-3-5-7-12;;;/h7-13H,1-6H3;7-14H,1-6H3;3-7,9-10H,1-2H3;2*1H;/q-1;;-1;;;+2/p-2. The summed E-state index contributed by atoms with van der Waals surface area (Å²) >= 11 is 1.46. The molecule has 0 saturated heterocycles. The Morgan fingerprint density at radius 1 is 0.597 bits per heavy atom. The van der Waals surface area contributed by atoms with Gasteiger partial charge in [0.25, 0.3) is 0 Å². The Morgan fingerprint density at radius 2 is 1.00 bits per heavy atom. The van der Waals surface area contributed by atoms with Crippen LogP contribution in [-0.4, -0.2) is 3.21 Å². The van der Waals surface area contributed by atoms with Gasteiger partial charge >= 0.3 is 151 Å². The molecule has 0 N–H and O–H groups in total. The third kappa shape index (κ3) is 10.1. The Morgan fingerprint density at radius 3 is 1.35 bits per heavy atom. The summed E-state index contributed by atoms with van der Waals surface area (Å²) in [5, 5.41) is 5.57. The molecule has 0 saturated carbocycles. The Bertz CT molecular complexity index is 2580. The average Bonchev–Trinajstić information content (AvgIpc) is 3.86. The molecule has 9 rings (SSSR count). The minimum atomic E-state index is 0. The van der Waals surface area contributed by atoms with Crippen LogP contribution in [0.2, 0.25) is 0 Å². The van der Waals surface area contributed by atoms with E-state index in [9.17, 15) is 0 Å². The predicted octanol–water partition coefficient (Wildman–Crippen LogP) is 9.98. The summed E-state index contributed by atoms with van der Waals surface area (Å²) in [6.45, 7) is 31.6. The van der Waals surface area contributed by atoms with Gasteiger partial charge in [-0.25, -0.2) is 5.57 Å². The van der Waals surface area contributed by atoms with E-state index >= 15 is 0 Å². The summed E-state index contributed by atoms with van der Waals surface area (Å²) in [4.78, 5) is 0. The molecule has 1 atom stereocenters.